The smallest absolute Gasteiger partial charge is 0.240 e. The average molecular weight is 348 g/mol. The van der Waals surface area contributed by atoms with Crippen molar-refractivity contribution in [2.24, 2.45) is 0 Å². The maximum absolute atomic E-state index is 12.1. The molecule has 0 aliphatic carbocycles. The maximum atomic E-state index is 12.1. The first-order valence-corrected chi connectivity index (χ1v) is 8.19. The van der Waals surface area contributed by atoms with E-state index < -0.39 is 10.0 Å². The van der Waals surface area contributed by atoms with Crippen LogP contribution < -0.4 is 4.72 Å². The van der Waals surface area contributed by atoms with Gasteiger partial charge in [-0.15, -0.1) is 6.58 Å². The molecule has 0 aliphatic rings. The first kappa shape index (κ1) is 16.4. The number of nitrogens with one attached hydrogen (secondary N) is 1. The lowest BCUT2D eigenvalue weighted by Gasteiger charge is -2.10. The summed E-state index contributed by atoms with van der Waals surface area (Å²) in [6.07, 6.45) is 2.52. The SMILES string of the molecule is C=CCCOCCNS(=O)(=O)c1cc(Br)ccc1C. The summed E-state index contributed by atoms with van der Waals surface area (Å²) in [6, 6.07) is 5.17. The standard InChI is InChI=1S/C13H18BrNO3S/c1-3-4-8-18-9-7-15-19(16,17)13-10-12(14)6-5-11(13)2/h3,5-6,10,15H,1,4,7-9H2,2H3. The Morgan fingerprint density at radius 3 is 2.84 bits per heavy atom. The summed E-state index contributed by atoms with van der Waals surface area (Å²) in [4.78, 5) is 0.285. The van der Waals surface area contributed by atoms with Gasteiger partial charge in [0.15, 0.2) is 0 Å². The molecule has 0 unspecified atom stereocenters. The van der Waals surface area contributed by atoms with Gasteiger partial charge in [-0.2, -0.15) is 0 Å². The van der Waals surface area contributed by atoms with Crippen molar-refractivity contribution in [3.05, 3.63) is 40.9 Å². The van der Waals surface area contributed by atoms with Crippen LogP contribution in [0.15, 0.2) is 40.2 Å². The molecule has 0 aromatic heterocycles. The Morgan fingerprint density at radius 2 is 2.16 bits per heavy atom. The van der Waals surface area contributed by atoms with Crippen molar-refractivity contribution in [1.29, 1.82) is 0 Å². The predicted octanol–water partition coefficient (Wildman–Crippen LogP) is 2.63. The minimum absolute atomic E-state index is 0.255. The van der Waals surface area contributed by atoms with E-state index in [0.717, 1.165) is 10.9 Å². The van der Waals surface area contributed by atoms with Gasteiger partial charge in [-0.1, -0.05) is 28.1 Å². The second kappa shape index (κ2) is 7.79. The normalized spacial score (nSPS) is 11.5. The Labute approximate surface area is 123 Å². The molecule has 1 rings (SSSR count). The summed E-state index contributed by atoms with van der Waals surface area (Å²) in [5.41, 5.74) is 0.711. The molecular formula is C13H18BrNO3S. The van der Waals surface area contributed by atoms with Gasteiger partial charge in [0.1, 0.15) is 0 Å². The predicted molar refractivity (Wildman–Crippen MR) is 79.7 cm³/mol. The third-order valence-electron chi connectivity index (χ3n) is 2.44. The highest BCUT2D eigenvalue weighted by Gasteiger charge is 2.16. The minimum Gasteiger partial charge on any atom is -0.380 e. The summed E-state index contributed by atoms with van der Waals surface area (Å²) in [7, 11) is -3.49. The van der Waals surface area contributed by atoms with E-state index in [2.05, 4.69) is 27.2 Å². The Balaban J connectivity index is 2.56. The van der Waals surface area contributed by atoms with E-state index >= 15 is 0 Å². The van der Waals surface area contributed by atoms with E-state index in [1.807, 2.05) is 6.07 Å². The molecule has 4 nitrogen and oxygen atoms in total. The van der Waals surface area contributed by atoms with Crippen molar-refractivity contribution in [3.8, 4) is 0 Å². The summed E-state index contributed by atoms with van der Waals surface area (Å²) >= 11 is 3.27. The highest BCUT2D eigenvalue weighted by Crippen LogP contribution is 2.20. The van der Waals surface area contributed by atoms with Gasteiger partial charge in [0.05, 0.1) is 18.1 Å². The molecule has 6 heteroatoms. The lowest BCUT2D eigenvalue weighted by atomic mass is 10.2. The number of hydrogen-bond acceptors (Lipinski definition) is 3. The van der Waals surface area contributed by atoms with Crippen LogP contribution in [0.3, 0.4) is 0 Å². The average Bonchev–Trinajstić information content (AvgIpc) is 2.36. The topological polar surface area (TPSA) is 55.4 Å². The first-order valence-electron chi connectivity index (χ1n) is 5.92. The quantitative estimate of drug-likeness (QED) is 0.580. The number of sulfonamides is 1. The maximum Gasteiger partial charge on any atom is 0.240 e. The van der Waals surface area contributed by atoms with E-state index in [4.69, 9.17) is 4.74 Å². The Bertz CT molecular complexity index is 529. The van der Waals surface area contributed by atoms with Crippen LogP contribution in [0.1, 0.15) is 12.0 Å². The molecule has 0 atom stereocenters. The van der Waals surface area contributed by atoms with Crippen LogP contribution in [0.5, 0.6) is 0 Å². The molecule has 0 fully saturated rings. The zero-order valence-corrected chi connectivity index (χ0v) is 13.3. The Morgan fingerprint density at radius 1 is 1.42 bits per heavy atom. The van der Waals surface area contributed by atoms with Crippen LogP contribution in [0.2, 0.25) is 0 Å². The monoisotopic (exact) mass is 347 g/mol. The third kappa shape index (κ3) is 5.44. The van der Waals surface area contributed by atoms with Gasteiger partial charge in [0, 0.05) is 11.0 Å². The highest BCUT2D eigenvalue weighted by molar-refractivity contribution is 9.10. The number of rotatable bonds is 8. The summed E-state index contributed by atoms with van der Waals surface area (Å²) in [5.74, 6) is 0. The van der Waals surface area contributed by atoms with E-state index in [1.54, 1.807) is 25.1 Å². The van der Waals surface area contributed by atoms with Gasteiger partial charge in [0.25, 0.3) is 0 Å². The van der Waals surface area contributed by atoms with Gasteiger partial charge in [0.2, 0.25) is 10.0 Å². The van der Waals surface area contributed by atoms with E-state index in [1.165, 1.54) is 0 Å². The molecule has 0 radical (unpaired) electrons. The van der Waals surface area contributed by atoms with E-state index in [9.17, 15) is 8.42 Å². The molecule has 106 valence electrons. The van der Waals surface area contributed by atoms with Crippen molar-refractivity contribution in [3.63, 3.8) is 0 Å². The lowest BCUT2D eigenvalue weighted by molar-refractivity contribution is 0.144. The van der Waals surface area contributed by atoms with Crippen LogP contribution in [-0.4, -0.2) is 28.2 Å². The molecule has 0 spiro atoms. The zero-order chi connectivity index (χ0) is 14.3. The van der Waals surface area contributed by atoms with Crippen molar-refractivity contribution in [1.82, 2.24) is 4.72 Å². The van der Waals surface area contributed by atoms with Gasteiger partial charge >= 0.3 is 0 Å². The molecular weight excluding hydrogens is 330 g/mol. The van der Waals surface area contributed by atoms with Crippen LogP contribution in [0, 0.1) is 6.92 Å². The highest BCUT2D eigenvalue weighted by atomic mass is 79.9. The van der Waals surface area contributed by atoms with Crippen LogP contribution >= 0.6 is 15.9 Å². The Hall–Kier alpha value is -0.690. The fourth-order valence-corrected chi connectivity index (χ4v) is 3.25. The van der Waals surface area contributed by atoms with E-state index in [0.29, 0.717) is 18.8 Å². The van der Waals surface area contributed by atoms with Crippen molar-refractivity contribution in [2.45, 2.75) is 18.2 Å². The fourth-order valence-electron chi connectivity index (χ4n) is 1.46. The second-order valence-corrected chi connectivity index (χ2v) is 6.65. The molecule has 0 heterocycles. The van der Waals surface area contributed by atoms with Crippen LogP contribution in [-0.2, 0) is 14.8 Å². The summed E-state index contributed by atoms with van der Waals surface area (Å²) in [5, 5.41) is 0. The first-order chi connectivity index (χ1) is 8.97. The number of hydrogen-bond donors (Lipinski definition) is 1. The Kier molecular flexibility index (Phi) is 6.71. The molecule has 0 aliphatic heterocycles. The lowest BCUT2D eigenvalue weighted by Crippen LogP contribution is -2.28. The molecule has 0 amide bonds. The van der Waals surface area contributed by atoms with Crippen molar-refractivity contribution < 1.29 is 13.2 Å². The number of halogens is 1. The van der Waals surface area contributed by atoms with E-state index in [-0.39, 0.29) is 11.4 Å². The van der Waals surface area contributed by atoms with Gasteiger partial charge in [-0.05, 0) is 31.0 Å². The fraction of sp³-hybridized carbons (Fsp3) is 0.385. The minimum atomic E-state index is -3.49. The number of aryl methyl sites for hydroxylation is 1. The summed E-state index contributed by atoms with van der Waals surface area (Å²) < 4.78 is 32.7. The van der Waals surface area contributed by atoms with Gasteiger partial charge in [-0.3, -0.25) is 0 Å². The van der Waals surface area contributed by atoms with Crippen LogP contribution in [0.25, 0.3) is 0 Å². The molecule has 0 bridgehead atoms. The molecule has 19 heavy (non-hydrogen) atoms. The molecule has 1 N–H and O–H groups in total. The summed E-state index contributed by atoms with van der Waals surface area (Å²) in [6.45, 7) is 6.50. The number of benzene rings is 1. The third-order valence-corrected chi connectivity index (χ3v) is 4.54. The van der Waals surface area contributed by atoms with Gasteiger partial charge in [-0.25, -0.2) is 13.1 Å². The number of ether oxygens (including phenoxy) is 1. The second-order valence-electron chi connectivity index (χ2n) is 4.00. The van der Waals surface area contributed by atoms with Crippen molar-refractivity contribution in [2.75, 3.05) is 19.8 Å². The molecule has 1 aromatic carbocycles. The molecule has 1 aromatic rings. The molecule has 0 saturated heterocycles. The van der Waals surface area contributed by atoms with Crippen molar-refractivity contribution >= 4 is 26.0 Å². The zero-order valence-electron chi connectivity index (χ0n) is 10.9. The van der Waals surface area contributed by atoms with Crippen LogP contribution in [0.4, 0.5) is 0 Å². The van der Waals surface area contributed by atoms with Gasteiger partial charge < -0.3 is 4.74 Å². The molecule has 0 saturated carbocycles. The largest absolute Gasteiger partial charge is 0.380 e.